The van der Waals surface area contributed by atoms with E-state index in [9.17, 15) is 9.59 Å². The summed E-state index contributed by atoms with van der Waals surface area (Å²) in [6, 6.07) is 0.576. The minimum atomic E-state index is -2.85. The van der Waals surface area contributed by atoms with Crippen LogP contribution < -0.4 is 0 Å². The summed E-state index contributed by atoms with van der Waals surface area (Å²) in [5.41, 5.74) is 1.49. The van der Waals surface area contributed by atoms with Crippen molar-refractivity contribution in [3.63, 3.8) is 0 Å². The van der Waals surface area contributed by atoms with Crippen LogP contribution in [0.5, 0.6) is 0 Å². The summed E-state index contributed by atoms with van der Waals surface area (Å²) >= 11 is 0. The fraction of sp³-hybridized carbons (Fsp3) is 0.600. The molecule has 0 fully saturated rings. The molecule has 0 aromatic heterocycles. The normalized spacial score (nSPS) is 10.6. The summed E-state index contributed by atoms with van der Waals surface area (Å²) < 4.78 is 10.3. The largest absolute Gasteiger partial charge is 0.491 e. The predicted octanol–water partition coefficient (Wildman–Crippen LogP) is 2.08. The van der Waals surface area contributed by atoms with Gasteiger partial charge < -0.3 is 8.85 Å². The van der Waals surface area contributed by atoms with E-state index in [0.29, 0.717) is 6.04 Å². The molecule has 0 aliphatic carbocycles. The predicted molar refractivity (Wildman–Crippen MR) is 59.2 cm³/mol. The number of rotatable bonds is 6. The standard InChI is InChI=1S/C10H18O4Si/c1-5-7-8-15(6-2,13-9(3)11)14-10(4)12/h6H,2,5,7-8H2,1,3-4H3. The number of unbranched alkanes of at least 4 members (excludes halogenated alkanes) is 1. The van der Waals surface area contributed by atoms with Gasteiger partial charge in [0.1, 0.15) is 0 Å². The minimum Gasteiger partial charge on any atom is -0.482 e. The molecule has 0 saturated carbocycles. The number of hydrogen-bond donors (Lipinski definition) is 0. The van der Waals surface area contributed by atoms with E-state index in [0.717, 1.165) is 12.8 Å². The summed E-state index contributed by atoms with van der Waals surface area (Å²) in [4.78, 5) is 21.9. The maximum Gasteiger partial charge on any atom is 0.491 e. The summed E-state index contributed by atoms with van der Waals surface area (Å²) in [5.74, 6) is -0.863. The summed E-state index contributed by atoms with van der Waals surface area (Å²) in [7, 11) is -2.85. The Morgan fingerprint density at radius 2 is 1.73 bits per heavy atom. The van der Waals surface area contributed by atoms with Crippen LogP contribution in [0.2, 0.25) is 6.04 Å². The van der Waals surface area contributed by atoms with Gasteiger partial charge in [0, 0.05) is 19.9 Å². The van der Waals surface area contributed by atoms with Gasteiger partial charge in [0.25, 0.3) is 11.9 Å². The Morgan fingerprint density at radius 3 is 2.00 bits per heavy atom. The van der Waals surface area contributed by atoms with E-state index in [4.69, 9.17) is 8.85 Å². The van der Waals surface area contributed by atoms with Gasteiger partial charge in [0.2, 0.25) is 0 Å². The summed E-state index contributed by atoms with van der Waals surface area (Å²) in [6.07, 6.45) is 1.80. The van der Waals surface area contributed by atoms with Crippen molar-refractivity contribution in [2.75, 3.05) is 0 Å². The lowest BCUT2D eigenvalue weighted by atomic mass is 10.4. The van der Waals surface area contributed by atoms with Crippen LogP contribution >= 0.6 is 0 Å². The molecule has 0 bridgehead atoms. The van der Waals surface area contributed by atoms with E-state index < -0.39 is 20.5 Å². The van der Waals surface area contributed by atoms with Crippen molar-refractivity contribution in [1.82, 2.24) is 0 Å². The van der Waals surface area contributed by atoms with E-state index in [2.05, 4.69) is 6.58 Å². The molecule has 0 aliphatic heterocycles. The van der Waals surface area contributed by atoms with Gasteiger partial charge in [-0.05, 0) is 12.1 Å². The first kappa shape index (κ1) is 13.9. The lowest BCUT2D eigenvalue weighted by molar-refractivity contribution is -0.138. The van der Waals surface area contributed by atoms with Crippen LogP contribution in [0.3, 0.4) is 0 Å². The van der Waals surface area contributed by atoms with Gasteiger partial charge in [-0.1, -0.05) is 13.3 Å². The third-order valence-corrected chi connectivity index (χ3v) is 4.76. The van der Waals surface area contributed by atoms with Gasteiger partial charge in [0.15, 0.2) is 0 Å². The molecule has 0 heterocycles. The molecule has 0 aromatic rings. The van der Waals surface area contributed by atoms with Crippen molar-refractivity contribution in [2.45, 2.75) is 39.7 Å². The molecule has 0 aliphatic rings. The van der Waals surface area contributed by atoms with Crippen molar-refractivity contribution in [3.8, 4) is 0 Å². The molecule has 0 saturated heterocycles. The monoisotopic (exact) mass is 230 g/mol. The Morgan fingerprint density at radius 1 is 1.27 bits per heavy atom. The van der Waals surface area contributed by atoms with Crippen molar-refractivity contribution in [2.24, 2.45) is 0 Å². The van der Waals surface area contributed by atoms with Gasteiger partial charge in [-0.15, -0.1) is 6.58 Å². The Kier molecular flexibility index (Phi) is 5.92. The van der Waals surface area contributed by atoms with Crippen molar-refractivity contribution >= 4 is 20.5 Å². The molecule has 0 rings (SSSR count). The second kappa shape index (κ2) is 6.39. The van der Waals surface area contributed by atoms with E-state index in [1.807, 2.05) is 6.92 Å². The average Bonchev–Trinajstić information content (AvgIpc) is 2.12. The zero-order valence-corrected chi connectivity index (χ0v) is 10.5. The molecule has 4 nitrogen and oxygen atoms in total. The number of hydrogen-bond acceptors (Lipinski definition) is 4. The maximum absolute atomic E-state index is 10.9. The number of carbonyl (C=O) groups excluding carboxylic acids is 2. The molecular weight excluding hydrogens is 212 g/mol. The maximum atomic E-state index is 10.9. The highest BCUT2D eigenvalue weighted by atomic mass is 28.4. The second-order valence-corrected chi connectivity index (χ2v) is 6.25. The molecule has 86 valence electrons. The Bertz CT molecular complexity index is 234. The molecule has 0 N–H and O–H groups in total. The zero-order chi connectivity index (χ0) is 11.9. The molecular formula is C10H18O4Si. The van der Waals surface area contributed by atoms with Crippen LogP contribution in [0, 0.1) is 0 Å². The fourth-order valence-electron chi connectivity index (χ4n) is 1.22. The lowest BCUT2D eigenvalue weighted by Gasteiger charge is -2.25. The summed E-state index contributed by atoms with van der Waals surface area (Å²) in [6.45, 7) is 8.23. The lowest BCUT2D eigenvalue weighted by Crippen LogP contribution is -2.43. The van der Waals surface area contributed by atoms with Gasteiger partial charge in [-0.2, -0.15) is 0 Å². The average molecular weight is 230 g/mol. The molecule has 0 unspecified atom stereocenters. The van der Waals surface area contributed by atoms with Gasteiger partial charge in [-0.25, -0.2) is 0 Å². The van der Waals surface area contributed by atoms with Crippen LogP contribution in [0.25, 0.3) is 0 Å². The van der Waals surface area contributed by atoms with Crippen LogP contribution in [-0.4, -0.2) is 20.5 Å². The van der Waals surface area contributed by atoms with Crippen LogP contribution in [-0.2, 0) is 18.4 Å². The first-order valence-corrected chi connectivity index (χ1v) is 7.08. The first-order chi connectivity index (χ1) is 6.95. The van der Waals surface area contributed by atoms with Crippen LogP contribution in [0.1, 0.15) is 33.6 Å². The highest BCUT2D eigenvalue weighted by Gasteiger charge is 2.40. The van der Waals surface area contributed by atoms with Crippen molar-refractivity contribution < 1.29 is 18.4 Å². The van der Waals surface area contributed by atoms with Crippen molar-refractivity contribution in [3.05, 3.63) is 12.3 Å². The Hall–Kier alpha value is -1.10. The molecule has 0 spiro atoms. The molecule has 0 amide bonds. The SMILES string of the molecule is C=C[Si](CCCC)(OC(C)=O)OC(C)=O. The first-order valence-electron chi connectivity index (χ1n) is 4.98. The van der Waals surface area contributed by atoms with Gasteiger partial charge in [-0.3, -0.25) is 9.59 Å². The molecule has 15 heavy (non-hydrogen) atoms. The zero-order valence-electron chi connectivity index (χ0n) is 9.54. The third kappa shape index (κ3) is 5.36. The molecule has 0 atom stereocenters. The third-order valence-electron chi connectivity index (χ3n) is 1.82. The second-order valence-electron chi connectivity index (χ2n) is 3.31. The molecule has 0 radical (unpaired) electrons. The van der Waals surface area contributed by atoms with E-state index in [1.54, 1.807) is 0 Å². The fourth-order valence-corrected chi connectivity index (χ4v) is 3.65. The highest BCUT2D eigenvalue weighted by molar-refractivity contribution is 6.75. The van der Waals surface area contributed by atoms with Crippen LogP contribution in [0.4, 0.5) is 0 Å². The summed E-state index contributed by atoms with van der Waals surface area (Å²) in [5, 5.41) is 0. The van der Waals surface area contributed by atoms with Gasteiger partial charge >= 0.3 is 8.56 Å². The van der Waals surface area contributed by atoms with E-state index in [1.165, 1.54) is 19.5 Å². The number of carbonyl (C=O) groups is 2. The van der Waals surface area contributed by atoms with Crippen molar-refractivity contribution in [1.29, 1.82) is 0 Å². The Labute approximate surface area is 91.5 Å². The van der Waals surface area contributed by atoms with E-state index in [-0.39, 0.29) is 0 Å². The minimum absolute atomic E-state index is 0.432. The quantitative estimate of drug-likeness (QED) is 0.656. The van der Waals surface area contributed by atoms with Gasteiger partial charge in [0.05, 0.1) is 0 Å². The Balaban J connectivity index is 4.65. The topological polar surface area (TPSA) is 52.6 Å². The smallest absolute Gasteiger partial charge is 0.482 e. The molecule has 5 heteroatoms. The highest BCUT2D eigenvalue weighted by Crippen LogP contribution is 2.19. The molecule has 0 aromatic carbocycles. The van der Waals surface area contributed by atoms with E-state index >= 15 is 0 Å². The van der Waals surface area contributed by atoms with Crippen LogP contribution in [0.15, 0.2) is 12.3 Å².